The summed E-state index contributed by atoms with van der Waals surface area (Å²) in [5.74, 6) is 0.270. The van der Waals surface area contributed by atoms with Crippen LogP contribution in [0.25, 0.3) is 17.1 Å². The molecule has 4 aromatic heterocycles. The van der Waals surface area contributed by atoms with Crippen molar-refractivity contribution in [2.75, 3.05) is 16.8 Å². The van der Waals surface area contributed by atoms with Crippen LogP contribution in [0.15, 0.2) is 53.5 Å². The molecule has 9 nitrogen and oxygen atoms in total. The van der Waals surface area contributed by atoms with Crippen molar-refractivity contribution in [3.63, 3.8) is 0 Å². The molecule has 1 fully saturated rings. The maximum Gasteiger partial charge on any atom is 0.408 e. The summed E-state index contributed by atoms with van der Waals surface area (Å²) in [6, 6.07) is 6.40. The molecule has 5 heterocycles. The van der Waals surface area contributed by atoms with E-state index in [-0.39, 0.29) is 30.3 Å². The maximum atomic E-state index is 13.4. The van der Waals surface area contributed by atoms with Crippen LogP contribution in [-0.2, 0) is 0 Å². The number of amides is 1. The van der Waals surface area contributed by atoms with Crippen LogP contribution in [0.5, 0.6) is 0 Å². The largest absolute Gasteiger partial charge is 0.442 e. The molecule has 0 saturated carbocycles. The Morgan fingerprint density at radius 2 is 2.06 bits per heavy atom. The summed E-state index contributed by atoms with van der Waals surface area (Å²) >= 11 is 0. The van der Waals surface area contributed by atoms with E-state index in [9.17, 15) is 18.0 Å². The van der Waals surface area contributed by atoms with Crippen LogP contribution >= 0.6 is 0 Å². The third-order valence-electron chi connectivity index (χ3n) is 5.18. The number of carbonyl (C=O) groups excluding carboxylic acids is 1. The number of anilines is 2. The van der Waals surface area contributed by atoms with Gasteiger partial charge >= 0.3 is 6.18 Å². The van der Waals surface area contributed by atoms with Crippen LogP contribution in [0.4, 0.5) is 24.8 Å². The molecule has 164 valence electrons. The van der Waals surface area contributed by atoms with Gasteiger partial charge in [-0.3, -0.25) is 4.79 Å². The fourth-order valence-electron chi connectivity index (χ4n) is 3.72. The Kier molecular flexibility index (Phi) is 4.76. The van der Waals surface area contributed by atoms with Gasteiger partial charge in [0.2, 0.25) is 0 Å². The van der Waals surface area contributed by atoms with Crippen molar-refractivity contribution in [1.82, 2.24) is 24.6 Å². The number of hydrogen-bond donors (Lipinski definition) is 1. The van der Waals surface area contributed by atoms with E-state index in [1.807, 2.05) is 0 Å². The maximum absolute atomic E-state index is 13.4. The van der Waals surface area contributed by atoms with E-state index in [1.54, 1.807) is 18.2 Å². The van der Waals surface area contributed by atoms with Crippen molar-refractivity contribution >= 4 is 23.2 Å². The lowest BCUT2D eigenvalue weighted by Crippen LogP contribution is -2.41. The van der Waals surface area contributed by atoms with Crippen molar-refractivity contribution in [2.45, 2.75) is 25.1 Å². The molecule has 1 amide bonds. The Morgan fingerprint density at radius 1 is 1.19 bits per heavy atom. The van der Waals surface area contributed by atoms with Crippen molar-refractivity contribution in [3.8, 4) is 11.5 Å². The number of pyridine rings is 1. The molecule has 1 aliphatic heterocycles. The summed E-state index contributed by atoms with van der Waals surface area (Å²) in [5.41, 5.74) is 0.882. The number of imidazole rings is 1. The van der Waals surface area contributed by atoms with Crippen LogP contribution in [0, 0.1) is 0 Å². The SMILES string of the molecule is O=C(Nc1cccc(-c2cnco2)n1)c1cnc2ccc(N3CCCC3C(F)(F)F)nn12. The van der Waals surface area contributed by atoms with Crippen molar-refractivity contribution in [2.24, 2.45) is 0 Å². The number of nitrogens with zero attached hydrogens (tertiary/aromatic N) is 6. The molecular weight excluding hydrogens is 427 g/mol. The summed E-state index contributed by atoms with van der Waals surface area (Å²) in [6.45, 7) is 0.233. The van der Waals surface area contributed by atoms with E-state index in [2.05, 4.69) is 25.4 Å². The first-order valence-corrected chi connectivity index (χ1v) is 9.75. The molecule has 32 heavy (non-hydrogen) atoms. The fraction of sp³-hybridized carbons (Fsp3) is 0.250. The minimum atomic E-state index is -4.36. The fourth-order valence-corrected chi connectivity index (χ4v) is 3.72. The van der Waals surface area contributed by atoms with Crippen LogP contribution < -0.4 is 10.2 Å². The zero-order valence-corrected chi connectivity index (χ0v) is 16.5. The standard InChI is InChI=1S/C20H16F3N7O2/c21-20(22,23)15-4-2-8-29(15)18-7-6-17-25-9-13(30(17)28-18)19(31)27-16-5-1-3-12(26-16)14-10-24-11-32-14/h1,3,5-7,9-11,15H,2,4,8H2,(H,26,27,31). The lowest BCUT2D eigenvalue weighted by atomic mass is 10.2. The summed E-state index contributed by atoms with van der Waals surface area (Å²) in [4.78, 5) is 26.4. The highest BCUT2D eigenvalue weighted by molar-refractivity contribution is 6.03. The van der Waals surface area contributed by atoms with Crippen LogP contribution in [-0.4, -0.2) is 49.2 Å². The van der Waals surface area contributed by atoms with E-state index in [4.69, 9.17) is 4.42 Å². The van der Waals surface area contributed by atoms with Gasteiger partial charge in [0.1, 0.15) is 23.4 Å². The lowest BCUT2D eigenvalue weighted by Gasteiger charge is -2.27. The molecule has 1 N–H and O–H groups in total. The summed E-state index contributed by atoms with van der Waals surface area (Å²) in [7, 11) is 0. The molecule has 0 aromatic carbocycles. The predicted octanol–water partition coefficient (Wildman–Crippen LogP) is 3.56. The molecule has 0 aliphatic carbocycles. The Bertz CT molecular complexity index is 1270. The third-order valence-corrected chi connectivity index (χ3v) is 5.18. The van der Waals surface area contributed by atoms with Gasteiger partial charge in [0, 0.05) is 6.54 Å². The number of carbonyl (C=O) groups is 1. The molecule has 4 aromatic rings. The smallest absolute Gasteiger partial charge is 0.408 e. The number of nitrogens with one attached hydrogen (secondary N) is 1. The molecule has 0 radical (unpaired) electrons. The van der Waals surface area contributed by atoms with Gasteiger partial charge in [-0.15, -0.1) is 5.10 Å². The number of aromatic nitrogens is 5. The van der Waals surface area contributed by atoms with E-state index in [0.717, 1.165) is 0 Å². The highest BCUT2D eigenvalue weighted by Crippen LogP contribution is 2.35. The Balaban J connectivity index is 1.43. The minimum Gasteiger partial charge on any atom is -0.442 e. The average molecular weight is 443 g/mol. The zero-order valence-electron chi connectivity index (χ0n) is 16.5. The van der Waals surface area contributed by atoms with Gasteiger partial charge in [-0.25, -0.2) is 19.5 Å². The summed E-state index contributed by atoms with van der Waals surface area (Å²) < 4.78 is 46.5. The van der Waals surface area contributed by atoms with Gasteiger partial charge in [0.15, 0.2) is 23.5 Å². The van der Waals surface area contributed by atoms with Gasteiger partial charge < -0.3 is 14.6 Å². The molecule has 1 aliphatic rings. The van der Waals surface area contributed by atoms with Crippen LogP contribution in [0.2, 0.25) is 0 Å². The van der Waals surface area contributed by atoms with E-state index >= 15 is 0 Å². The highest BCUT2D eigenvalue weighted by atomic mass is 19.4. The zero-order chi connectivity index (χ0) is 22.3. The van der Waals surface area contributed by atoms with Crippen molar-refractivity contribution in [1.29, 1.82) is 0 Å². The number of fused-ring (bicyclic) bond motifs is 1. The van der Waals surface area contributed by atoms with Gasteiger partial charge in [-0.2, -0.15) is 13.2 Å². The van der Waals surface area contributed by atoms with Crippen molar-refractivity contribution in [3.05, 3.63) is 54.8 Å². The number of hydrogen-bond acceptors (Lipinski definition) is 7. The molecule has 12 heteroatoms. The normalized spacial score (nSPS) is 16.6. The number of rotatable bonds is 4. The second-order valence-corrected chi connectivity index (χ2v) is 7.23. The number of oxazole rings is 1. The van der Waals surface area contributed by atoms with Gasteiger partial charge in [0.05, 0.1) is 12.4 Å². The van der Waals surface area contributed by atoms with Gasteiger partial charge in [-0.05, 0) is 37.1 Å². The topological polar surface area (TPSA) is 101 Å². The van der Waals surface area contributed by atoms with Gasteiger partial charge in [-0.1, -0.05) is 6.07 Å². The molecule has 1 saturated heterocycles. The Morgan fingerprint density at radius 3 is 2.84 bits per heavy atom. The third kappa shape index (κ3) is 3.63. The monoisotopic (exact) mass is 443 g/mol. The minimum absolute atomic E-state index is 0.00763. The molecule has 1 atom stereocenters. The summed E-state index contributed by atoms with van der Waals surface area (Å²) in [6.07, 6.45) is 0.140. The lowest BCUT2D eigenvalue weighted by molar-refractivity contribution is -0.146. The van der Waals surface area contributed by atoms with E-state index in [0.29, 0.717) is 23.5 Å². The second-order valence-electron chi connectivity index (χ2n) is 7.23. The van der Waals surface area contributed by atoms with E-state index in [1.165, 1.54) is 40.3 Å². The molecule has 0 bridgehead atoms. The molecule has 1 unspecified atom stereocenters. The summed E-state index contributed by atoms with van der Waals surface area (Å²) in [5, 5.41) is 6.93. The first-order chi connectivity index (χ1) is 15.4. The van der Waals surface area contributed by atoms with Crippen LogP contribution in [0.3, 0.4) is 0 Å². The average Bonchev–Trinajstić information content (AvgIpc) is 3.53. The number of alkyl halides is 3. The Labute approximate surface area is 178 Å². The highest BCUT2D eigenvalue weighted by Gasteiger charge is 2.46. The quantitative estimate of drug-likeness (QED) is 0.515. The molecular formula is C20H16F3N7O2. The van der Waals surface area contributed by atoms with Crippen molar-refractivity contribution < 1.29 is 22.4 Å². The second kappa shape index (κ2) is 7.62. The first-order valence-electron chi connectivity index (χ1n) is 9.75. The first kappa shape index (κ1) is 20.0. The predicted molar refractivity (Wildman–Crippen MR) is 107 cm³/mol. The molecule has 5 rings (SSSR count). The number of halogens is 3. The van der Waals surface area contributed by atoms with E-state index < -0.39 is 18.1 Å². The molecule has 0 spiro atoms. The Hall–Kier alpha value is -3.96. The van der Waals surface area contributed by atoms with Gasteiger partial charge in [0.25, 0.3) is 5.91 Å². The van der Waals surface area contributed by atoms with Crippen LogP contribution in [0.1, 0.15) is 23.3 Å².